The fourth-order valence-electron chi connectivity index (χ4n) is 1.95. The molecule has 0 aliphatic carbocycles. The van der Waals surface area contributed by atoms with E-state index in [4.69, 9.17) is 4.74 Å². The van der Waals surface area contributed by atoms with Crippen molar-refractivity contribution in [3.63, 3.8) is 0 Å². The van der Waals surface area contributed by atoms with Crippen molar-refractivity contribution in [3.8, 4) is 5.75 Å². The van der Waals surface area contributed by atoms with Crippen LogP contribution in [-0.4, -0.2) is 18.4 Å². The summed E-state index contributed by atoms with van der Waals surface area (Å²) in [5, 5.41) is 5.49. The van der Waals surface area contributed by atoms with Gasteiger partial charge in [0.2, 0.25) is 5.91 Å². The highest BCUT2D eigenvalue weighted by Crippen LogP contribution is 2.15. The summed E-state index contributed by atoms with van der Waals surface area (Å²) in [5.41, 5.74) is 1.58. The largest absolute Gasteiger partial charge is 0.481 e. The van der Waals surface area contributed by atoms with Crippen LogP contribution in [0.4, 0.5) is 10.1 Å². The predicted molar refractivity (Wildman–Crippen MR) is 93.7 cm³/mol. The molecule has 0 spiro atoms. The van der Waals surface area contributed by atoms with E-state index >= 15 is 0 Å². The molecule has 6 heteroatoms. The highest BCUT2D eigenvalue weighted by atomic mass is 19.1. The average molecular weight is 344 g/mol. The molecule has 0 saturated heterocycles. The summed E-state index contributed by atoms with van der Waals surface area (Å²) < 4.78 is 18.5. The molecule has 0 saturated carbocycles. The minimum atomic E-state index is -0.505. The van der Waals surface area contributed by atoms with Gasteiger partial charge in [-0.3, -0.25) is 9.59 Å². The molecule has 0 aliphatic rings. The van der Waals surface area contributed by atoms with Crippen LogP contribution < -0.4 is 15.4 Å². The number of carbonyl (C=O) groups is 2. The molecule has 2 rings (SSSR count). The Morgan fingerprint density at radius 3 is 2.40 bits per heavy atom. The average Bonchev–Trinajstić information content (AvgIpc) is 2.60. The Kier molecular flexibility index (Phi) is 6.51. The molecule has 5 nitrogen and oxygen atoms in total. The number of halogens is 1. The highest BCUT2D eigenvalue weighted by Gasteiger charge is 2.08. The second kappa shape index (κ2) is 8.82. The van der Waals surface area contributed by atoms with Gasteiger partial charge in [-0.2, -0.15) is 0 Å². The van der Waals surface area contributed by atoms with Crippen molar-refractivity contribution in [2.24, 2.45) is 5.92 Å². The van der Waals surface area contributed by atoms with Gasteiger partial charge in [0.15, 0.2) is 18.2 Å². The second-order valence-corrected chi connectivity index (χ2v) is 5.84. The van der Waals surface area contributed by atoms with E-state index in [9.17, 15) is 14.0 Å². The summed E-state index contributed by atoms with van der Waals surface area (Å²) in [5.74, 6) is -0.947. The molecule has 0 fully saturated rings. The molecular weight excluding hydrogens is 323 g/mol. The van der Waals surface area contributed by atoms with E-state index in [2.05, 4.69) is 10.6 Å². The van der Waals surface area contributed by atoms with Crippen LogP contribution in [0.3, 0.4) is 0 Å². The molecule has 0 aromatic heterocycles. The first-order chi connectivity index (χ1) is 12.0. The van der Waals surface area contributed by atoms with E-state index in [-0.39, 0.29) is 30.1 Å². The molecule has 25 heavy (non-hydrogen) atoms. The van der Waals surface area contributed by atoms with Gasteiger partial charge in [-0.15, -0.1) is 0 Å². The van der Waals surface area contributed by atoms with Crippen LogP contribution in [0.5, 0.6) is 5.75 Å². The zero-order valence-electron chi connectivity index (χ0n) is 14.2. The van der Waals surface area contributed by atoms with Gasteiger partial charge in [0.25, 0.3) is 5.91 Å². The zero-order chi connectivity index (χ0) is 18.2. The third-order valence-corrected chi connectivity index (χ3v) is 3.43. The van der Waals surface area contributed by atoms with Crippen molar-refractivity contribution in [1.82, 2.24) is 5.32 Å². The van der Waals surface area contributed by atoms with Crippen molar-refractivity contribution in [2.45, 2.75) is 20.4 Å². The maximum absolute atomic E-state index is 13.4. The maximum atomic E-state index is 13.4. The normalized spacial score (nSPS) is 10.4. The van der Waals surface area contributed by atoms with Gasteiger partial charge in [0.05, 0.1) is 0 Å². The van der Waals surface area contributed by atoms with Crippen molar-refractivity contribution in [1.29, 1.82) is 0 Å². The fourth-order valence-corrected chi connectivity index (χ4v) is 1.95. The standard InChI is InChI=1S/C19H21FN2O3/c1-13(2)19(24)22-15-9-7-14(8-10-15)11-21-18(23)12-25-17-6-4-3-5-16(17)20/h3-10,13H,11-12H2,1-2H3,(H,21,23)(H,22,24). The number of benzene rings is 2. The van der Waals surface area contributed by atoms with Crippen molar-refractivity contribution in [3.05, 3.63) is 59.9 Å². The molecule has 2 amide bonds. The number of nitrogens with one attached hydrogen (secondary N) is 2. The van der Waals surface area contributed by atoms with Gasteiger partial charge < -0.3 is 15.4 Å². The summed E-state index contributed by atoms with van der Waals surface area (Å²) in [4.78, 5) is 23.4. The quantitative estimate of drug-likeness (QED) is 0.811. The van der Waals surface area contributed by atoms with Gasteiger partial charge >= 0.3 is 0 Å². The number of para-hydroxylation sites is 1. The minimum Gasteiger partial charge on any atom is -0.481 e. The van der Waals surface area contributed by atoms with Crippen LogP contribution in [0.15, 0.2) is 48.5 Å². The second-order valence-electron chi connectivity index (χ2n) is 5.84. The lowest BCUT2D eigenvalue weighted by Gasteiger charge is -2.10. The molecule has 0 aliphatic heterocycles. The number of rotatable bonds is 7. The number of carbonyl (C=O) groups excluding carboxylic acids is 2. The van der Waals surface area contributed by atoms with Gasteiger partial charge in [-0.1, -0.05) is 38.1 Å². The molecule has 0 bridgehead atoms. The first-order valence-corrected chi connectivity index (χ1v) is 7.99. The molecular formula is C19H21FN2O3. The minimum absolute atomic E-state index is 0.0443. The Morgan fingerprint density at radius 2 is 1.76 bits per heavy atom. The molecule has 0 unspecified atom stereocenters. The molecule has 2 N–H and O–H groups in total. The van der Waals surface area contributed by atoms with Gasteiger partial charge in [0, 0.05) is 18.2 Å². The lowest BCUT2D eigenvalue weighted by molar-refractivity contribution is -0.123. The summed E-state index contributed by atoms with van der Waals surface area (Å²) >= 11 is 0. The van der Waals surface area contributed by atoms with Crippen LogP contribution in [0.1, 0.15) is 19.4 Å². The first-order valence-electron chi connectivity index (χ1n) is 7.99. The Bertz CT molecular complexity index is 730. The first kappa shape index (κ1) is 18.4. The summed E-state index contributed by atoms with van der Waals surface area (Å²) in [6.45, 7) is 3.70. The Morgan fingerprint density at radius 1 is 1.08 bits per heavy atom. The molecule has 0 atom stereocenters. The number of hydrogen-bond acceptors (Lipinski definition) is 3. The summed E-state index contributed by atoms with van der Waals surface area (Å²) in [6, 6.07) is 13.1. The van der Waals surface area contributed by atoms with E-state index < -0.39 is 5.82 Å². The Labute approximate surface area is 146 Å². The SMILES string of the molecule is CC(C)C(=O)Nc1ccc(CNC(=O)COc2ccccc2F)cc1. The van der Waals surface area contributed by atoms with Gasteiger partial charge in [-0.25, -0.2) is 4.39 Å². The van der Waals surface area contributed by atoms with Crippen LogP contribution in [-0.2, 0) is 16.1 Å². The van der Waals surface area contributed by atoms with Crippen LogP contribution in [0, 0.1) is 11.7 Å². The molecule has 2 aromatic rings. The lowest BCUT2D eigenvalue weighted by Crippen LogP contribution is -2.28. The van der Waals surface area contributed by atoms with E-state index in [1.165, 1.54) is 12.1 Å². The predicted octanol–water partition coefficient (Wildman–Crippen LogP) is 3.12. The van der Waals surface area contributed by atoms with Crippen molar-refractivity contribution >= 4 is 17.5 Å². The van der Waals surface area contributed by atoms with E-state index in [1.807, 2.05) is 26.0 Å². The van der Waals surface area contributed by atoms with Crippen LogP contribution in [0.2, 0.25) is 0 Å². The van der Waals surface area contributed by atoms with E-state index in [1.54, 1.807) is 24.3 Å². The maximum Gasteiger partial charge on any atom is 0.258 e. The molecule has 132 valence electrons. The van der Waals surface area contributed by atoms with Crippen molar-refractivity contribution in [2.75, 3.05) is 11.9 Å². The van der Waals surface area contributed by atoms with Crippen LogP contribution in [0.25, 0.3) is 0 Å². The van der Waals surface area contributed by atoms with Gasteiger partial charge in [-0.05, 0) is 29.8 Å². The summed E-state index contributed by atoms with van der Waals surface area (Å²) in [7, 11) is 0. The molecule has 2 aromatic carbocycles. The smallest absolute Gasteiger partial charge is 0.258 e. The Balaban J connectivity index is 1.78. The van der Waals surface area contributed by atoms with E-state index in [0.717, 1.165) is 5.56 Å². The number of anilines is 1. The molecule has 0 heterocycles. The third-order valence-electron chi connectivity index (χ3n) is 3.43. The highest BCUT2D eigenvalue weighted by molar-refractivity contribution is 5.92. The van der Waals surface area contributed by atoms with E-state index in [0.29, 0.717) is 12.2 Å². The Hall–Kier alpha value is -2.89. The summed E-state index contributed by atoms with van der Waals surface area (Å²) in [6.07, 6.45) is 0. The third kappa shape index (κ3) is 5.91. The number of hydrogen-bond donors (Lipinski definition) is 2. The topological polar surface area (TPSA) is 67.4 Å². The van der Waals surface area contributed by atoms with Crippen molar-refractivity contribution < 1.29 is 18.7 Å². The van der Waals surface area contributed by atoms with Gasteiger partial charge in [0.1, 0.15) is 0 Å². The number of ether oxygens (including phenoxy) is 1. The zero-order valence-corrected chi connectivity index (χ0v) is 14.2. The fraction of sp³-hybridized carbons (Fsp3) is 0.263. The molecule has 0 radical (unpaired) electrons. The lowest BCUT2D eigenvalue weighted by atomic mass is 10.1. The monoisotopic (exact) mass is 344 g/mol. The van der Waals surface area contributed by atoms with Crippen LogP contribution >= 0.6 is 0 Å². The number of amides is 2.